The second-order valence-corrected chi connectivity index (χ2v) is 4.83. The summed E-state index contributed by atoms with van der Waals surface area (Å²) in [4.78, 5) is 6.67. The Kier molecular flexibility index (Phi) is 3.72. The molecule has 0 radical (unpaired) electrons. The zero-order valence-electron chi connectivity index (χ0n) is 11.6. The van der Waals surface area contributed by atoms with Gasteiger partial charge in [-0.2, -0.15) is 0 Å². The van der Waals surface area contributed by atoms with E-state index in [1.54, 1.807) is 13.3 Å². The molecule has 1 aliphatic rings. The van der Waals surface area contributed by atoms with Gasteiger partial charge in [-0.15, -0.1) is 0 Å². The third-order valence-corrected chi connectivity index (χ3v) is 3.44. The maximum absolute atomic E-state index is 5.79. The van der Waals surface area contributed by atoms with Gasteiger partial charge in [0, 0.05) is 19.2 Å². The van der Waals surface area contributed by atoms with Gasteiger partial charge >= 0.3 is 0 Å². The molecule has 1 fully saturated rings. The summed E-state index contributed by atoms with van der Waals surface area (Å²) < 4.78 is 10.9. The molecule has 3 rings (SSSR count). The fraction of sp³-hybridized carbons (Fsp3) is 0.312. The van der Waals surface area contributed by atoms with Crippen LogP contribution in [0.2, 0.25) is 0 Å². The smallest absolute Gasteiger partial charge is 0.196 e. The average Bonchev–Trinajstić information content (AvgIpc) is 3.16. The number of furan rings is 1. The normalized spacial score (nSPS) is 15.2. The lowest BCUT2D eigenvalue weighted by Gasteiger charge is -2.12. The van der Waals surface area contributed by atoms with Crippen molar-refractivity contribution in [2.24, 2.45) is 4.99 Å². The van der Waals surface area contributed by atoms with Crippen LogP contribution in [0.4, 0.5) is 11.6 Å². The van der Waals surface area contributed by atoms with E-state index in [9.17, 15) is 0 Å². The van der Waals surface area contributed by atoms with Gasteiger partial charge in [-0.3, -0.25) is 4.99 Å². The minimum Gasteiger partial charge on any atom is -0.497 e. The third kappa shape index (κ3) is 2.85. The van der Waals surface area contributed by atoms with Gasteiger partial charge in [-0.1, -0.05) is 0 Å². The standard InChI is InChI=1S/C16H18N2O2/c1-19-14-6-4-13(5-7-14)17-12-15-8-9-16(20-15)18-10-2-3-11-18/h4-9,12H,2-3,10-11H2,1H3. The van der Waals surface area contributed by atoms with Gasteiger partial charge in [0.25, 0.3) is 0 Å². The monoisotopic (exact) mass is 270 g/mol. The summed E-state index contributed by atoms with van der Waals surface area (Å²) in [5.41, 5.74) is 0.880. The molecule has 1 aromatic heterocycles. The Morgan fingerprint density at radius 3 is 2.55 bits per heavy atom. The lowest BCUT2D eigenvalue weighted by molar-refractivity contribution is 0.415. The summed E-state index contributed by atoms with van der Waals surface area (Å²) in [5.74, 6) is 2.56. The number of aliphatic imine (C=N–C) groups is 1. The van der Waals surface area contributed by atoms with Crippen molar-refractivity contribution in [1.82, 2.24) is 0 Å². The maximum atomic E-state index is 5.79. The number of rotatable bonds is 4. The van der Waals surface area contributed by atoms with E-state index in [1.165, 1.54) is 12.8 Å². The van der Waals surface area contributed by atoms with Crippen LogP contribution >= 0.6 is 0 Å². The van der Waals surface area contributed by atoms with E-state index in [1.807, 2.05) is 36.4 Å². The second-order valence-electron chi connectivity index (χ2n) is 4.83. The molecule has 1 aromatic carbocycles. The van der Waals surface area contributed by atoms with Crippen LogP contribution in [0.1, 0.15) is 18.6 Å². The Hall–Kier alpha value is -2.23. The van der Waals surface area contributed by atoms with E-state index in [-0.39, 0.29) is 0 Å². The van der Waals surface area contributed by atoms with Gasteiger partial charge in [0.2, 0.25) is 0 Å². The Balaban J connectivity index is 1.68. The van der Waals surface area contributed by atoms with E-state index >= 15 is 0 Å². The highest BCUT2D eigenvalue weighted by Crippen LogP contribution is 2.23. The number of methoxy groups -OCH3 is 1. The van der Waals surface area contributed by atoms with Crippen LogP contribution in [0.25, 0.3) is 0 Å². The average molecular weight is 270 g/mol. The molecule has 0 spiro atoms. The minimum atomic E-state index is 0.780. The van der Waals surface area contributed by atoms with Gasteiger partial charge < -0.3 is 14.1 Å². The predicted octanol–water partition coefficient (Wildman–Crippen LogP) is 3.64. The molecule has 1 aliphatic heterocycles. The number of ether oxygens (including phenoxy) is 1. The second kappa shape index (κ2) is 5.82. The molecule has 0 aliphatic carbocycles. The molecule has 2 heterocycles. The number of benzene rings is 1. The fourth-order valence-corrected chi connectivity index (χ4v) is 2.33. The van der Waals surface area contributed by atoms with Crippen LogP contribution in [0.3, 0.4) is 0 Å². The molecule has 0 bridgehead atoms. The third-order valence-electron chi connectivity index (χ3n) is 3.44. The summed E-state index contributed by atoms with van der Waals surface area (Å²) in [7, 11) is 1.65. The molecular weight excluding hydrogens is 252 g/mol. The van der Waals surface area contributed by atoms with Crippen LogP contribution in [-0.4, -0.2) is 26.4 Å². The maximum Gasteiger partial charge on any atom is 0.196 e. The van der Waals surface area contributed by atoms with Crippen molar-refractivity contribution < 1.29 is 9.15 Å². The Labute approximate surface area is 118 Å². The van der Waals surface area contributed by atoms with E-state index in [0.717, 1.165) is 36.2 Å². The Morgan fingerprint density at radius 1 is 1.10 bits per heavy atom. The van der Waals surface area contributed by atoms with Crippen molar-refractivity contribution in [3.8, 4) is 5.75 Å². The van der Waals surface area contributed by atoms with Crippen molar-refractivity contribution in [2.45, 2.75) is 12.8 Å². The highest BCUT2D eigenvalue weighted by Gasteiger charge is 2.14. The Bertz CT molecular complexity index is 581. The molecule has 1 saturated heterocycles. The summed E-state index contributed by atoms with van der Waals surface area (Å²) in [6.07, 6.45) is 4.24. The highest BCUT2D eigenvalue weighted by molar-refractivity contribution is 5.79. The first kappa shape index (κ1) is 12.8. The molecule has 0 amide bonds. The molecular formula is C16H18N2O2. The number of hydrogen-bond donors (Lipinski definition) is 0. The van der Waals surface area contributed by atoms with Crippen LogP contribution in [0, 0.1) is 0 Å². The van der Waals surface area contributed by atoms with Crippen LogP contribution in [0.15, 0.2) is 45.8 Å². The van der Waals surface area contributed by atoms with Gasteiger partial charge in [0.15, 0.2) is 5.88 Å². The largest absolute Gasteiger partial charge is 0.497 e. The minimum absolute atomic E-state index is 0.780. The first-order valence-corrected chi connectivity index (χ1v) is 6.88. The first-order chi connectivity index (χ1) is 9.85. The van der Waals surface area contributed by atoms with Gasteiger partial charge in [-0.05, 0) is 43.2 Å². The fourth-order valence-electron chi connectivity index (χ4n) is 2.33. The van der Waals surface area contributed by atoms with E-state index in [2.05, 4.69) is 9.89 Å². The van der Waals surface area contributed by atoms with Gasteiger partial charge in [0.05, 0.1) is 19.0 Å². The summed E-state index contributed by atoms with van der Waals surface area (Å²) in [6, 6.07) is 11.6. The molecule has 104 valence electrons. The van der Waals surface area contributed by atoms with E-state index in [0.29, 0.717) is 0 Å². The van der Waals surface area contributed by atoms with Crippen molar-refractivity contribution in [1.29, 1.82) is 0 Å². The SMILES string of the molecule is COc1ccc(N=Cc2ccc(N3CCCC3)o2)cc1. The number of hydrogen-bond acceptors (Lipinski definition) is 4. The van der Waals surface area contributed by atoms with Crippen molar-refractivity contribution >= 4 is 17.8 Å². The summed E-state index contributed by atoms with van der Waals surface area (Å²) >= 11 is 0. The molecule has 2 aromatic rings. The van der Waals surface area contributed by atoms with Crippen molar-refractivity contribution in [3.05, 3.63) is 42.2 Å². The number of nitrogens with zero attached hydrogens (tertiary/aromatic N) is 2. The van der Waals surface area contributed by atoms with Crippen molar-refractivity contribution in [2.75, 3.05) is 25.1 Å². The first-order valence-electron chi connectivity index (χ1n) is 6.88. The van der Waals surface area contributed by atoms with E-state index in [4.69, 9.17) is 9.15 Å². The molecule has 0 N–H and O–H groups in total. The molecule has 4 nitrogen and oxygen atoms in total. The Morgan fingerprint density at radius 2 is 1.85 bits per heavy atom. The highest BCUT2D eigenvalue weighted by atomic mass is 16.5. The van der Waals surface area contributed by atoms with Gasteiger partial charge in [0.1, 0.15) is 11.5 Å². The quantitative estimate of drug-likeness (QED) is 0.796. The van der Waals surface area contributed by atoms with E-state index < -0.39 is 0 Å². The summed E-state index contributed by atoms with van der Waals surface area (Å²) in [6.45, 7) is 2.17. The zero-order valence-corrected chi connectivity index (χ0v) is 11.6. The molecule has 0 unspecified atom stereocenters. The summed E-state index contributed by atoms with van der Waals surface area (Å²) in [5, 5.41) is 0. The van der Waals surface area contributed by atoms with Gasteiger partial charge in [-0.25, -0.2) is 0 Å². The molecule has 20 heavy (non-hydrogen) atoms. The van der Waals surface area contributed by atoms with Crippen LogP contribution < -0.4 is 9.64 Å². The predicted molar refractivity (Wildman–Crippen MR) is 80.4 cm³/mol. The van der Waals surface area contributed by atoms with Crippen molar-refractivity contribution in [3.63, 3.8) is 0 Å². The lowest BCUT2D eigenvalue weighted by Crippen LogP contribution is -2.16. The zero-order chi connectivity index (χ0) is 13.8. The van der Waals surface area contributed by atoms with Crippen LogP contribution in [-0.2, 0) is 0 Å². The van der Waals surface area contributed by atoms with Crippen LogP contribution in [0.5, 0.6) is 5.75 Å². The topological polar surface area (TPSA) is 38.0 Å². The number of anilines is 1. The molecule has 4 heteroatoms. The molecule has 0 atom stereocenters. The lowest BCUT2D eigenvalue weighted by atomic mass is 10.3. The molecule has 0 saturated carbocycles.